The van der Waals surface area contributed by atoms with Crippen molar-refractivity contribution in [2.75, 3.05) is 33.2 Å². The number of guanidine groups is 1. The summed E-state index contributed by atoms with van der Waals surface area (Å²) in [5.41, 5.74) is 1.21. The topological polar surface area (TPSA) is 39.7 Å². The molecule has 1 heterocycles. The first-order chi connectivity index (χ1) is 11.5. The van der Waals surface area contributed by atoms with Gasteiger partial charge in [-0.3, -0.25) is 9.89 Å². The van der Waals surface area contributed by atoms with Crippen LogP contribution in [0.2, 0.25) is 0 Å². The first kappa shape index (κ1) is 18.6. The molecule has 0 bridgehead atoms. The molecule has 134 valence electrons. The summed E-state index contributed by atoms with van der Waals surface area (Å²) in [7, 11) is 1.57. The largest absolute Gasteiger partial charge is 0.390 e. The number of nitrogens with one attached hydrogen (secondary N) is 2. The van der Waals surface area contributed by atoms with Crippen molar-refractivity contribution >= 4 is 5.96 Å². The van der Waals surface area contributed by atoms with Crippen LogP contribution < -0.4 is 10.6 Å². The maximum Gasteiger partial charge on any atom is 0.390 e. The minimum Gasteiger partial charge on any atom is -0.356 e. The number of rotatable bonds is 6. The Morgan fingerprint density at radius 1 is 1.17 bits per heavy atom. The molecule has 7 heteroatoms. The molecule has 1 fully saturated rings. The second kappa shape index (κ2) is 8.92. The molecule has 0 aromatic heterocycles. The molecule has 4 nitrogen and oxygen atoms in total. The minimum atomic E-state index is -4.16. The number of hydrogen-bond acceptors (Lipinski definition) is 2. The molecule has 1 aromatic carbocycles. The summed E-state index contributed by atoms with van der Waals surface area (Å²) < 4.78 is 36.7. The van der Waals surface area contributed by atoms with Gasteiger partial charge in [0.25, 0.3) is 0 Å². The lowest BCUT2D eigenvalue weighted by Crippen LogP contribution is -2.43. The number of halogens is 3. The maximum absolute atomic E-state index is 12.2. The van der Waals surface area contributed by atoms with Crippen molar-refractivity contribution in [2.45, 2.75) is 31.5 Å². The molecule has 0 saturated carbocycles. The van der Waals surface area contributed by atoms with E-state index in [0.717, 1.165) is 13.1 Å². The molecule has 24 heavy (non-hydrogen) atoms. The van der Waals surface area contributed by atoms with Gasteiger partial charge in [0.15, 0.2) is 5.96 Å². The van der Waals surface area contributed by atoms with Crippen LogP contribution in [0, 0.1) is 0 Å². The van der Waals surface area contributed by atoms with Gasteiger partial charge in [-0.25, -0.2) is 0 Å². The van der Waals surface area contributed by atoms with E-state index >= 15 is 0 Å². The van der Waals surface area contributed by atoms with Gasteiger partial charge in [-0.05, 0) is 31.5 Å². The Hall–Kier alpha value is -1.76. The summed E-state index contributed by atoms with van der Waals surface area (Å²) in [4.78, 5) is 6.42. The lowest BCUT2D eigenvalue weighted by molar-refractivity contribution is -0.132. The first-order valence-electron chi connectivity index (χ1n) is 8.30. The SMILES string of the molecule is CN=C(NCCC(F)(F)F)NCC(c1ccccc1)N1CCCC1. The van der Waals surface area contributed by atoms with E-state index in [2.05, 4.69) is 32.7 Å². The molecule has 1 atom stereocenters. The van der Waals surface area contributed by atoms with Crippen molar-refractivity contribution in [3.05, 3.63) is 35.9 Å². The van der Waals surface area contributed by atoms with Gasteiger partial charge in [0, 0.05) is 20.1 Å². The highest BCUT2D eigenvalue weighted by molar-refractivity contribution is 5.79. The molecule has 1 unspecified atom stereocenters. The lowest BCUT2D eigenvalue weighted by atomic mass is 10.1. The maximum atomic E-state index is 12.2. The van der Waals surface area contributed by atoms with Crippen LogP contribution in [0.3, 0.4) is 0 Å². The summed E-state index contributed by atoms with van der Waals surface area (Å²) in [6.45, 7) is 2.52. The van der Waals surface area contributed by atoms with E-state index in [9.17, 15) is 13.2 Å². The van der Waals surface area contributed by atoms with Crippen molar-refractivity contribution < 1.29 is 13.2 Å². The molecule has 1 aromatic rings. The fraction of sp³-hybridized carbons (Fsp3) is 0.588. The quantitative estimate of drug-likeness (QED) is 0.617. The number of likely N-dealkylation sites (tertiary alicyclic amines) is 1. The van der Waals surface area contributed by atoms with Crippen LogP contribution >= 0.6 is 0 Å². The Morgan fingerprint density at radius 2 is 1.83 bits per heavy atom. The Balaban J connectivity index is 1.91. The van der Waals surface area contributed by atoms with Crippen LogP contribution in [0.15, 0.2) is 35.3 Å². The van der Waals surface area contributed by atoms with Gasteiger partial charge >= 0.3 is 6.18 Å². The van der Waals surface area contributed by atoms with E-state index in [1.807, 2.05) is 18.2 Å². The summed E-state index contributed by atoms with van der Waals surface area (Å²) in [6, 6.07) is 10.4. The van der Waals surface area contributed by atoms with Gasteiger partial charge < -0.3 is 10.6 Å². The first-order valence-corrected chi connectivity index (χ1v) is 8.30. The second-order valence-electron chi connectivity index (χ2n) is 5.91. The molecule has 1 aliphatic rings. The van der Waals surface area contributed by atoms with Crippen LogP contribution in [0.1, 0.15) is 30.9 Å². The van der Waals surface area contributed by atoms with Crippen molar-refractivity contribution in [3.63, 3.8) is 0 Å². The van der Waals surface area contributed by atoms with E-state index in [-0.39, 0.29) is 12.6 Å². The molecule has 1 saturated heterocycles. The molecule has 0 spiro atoms. The van der Waals surface area contributed by atoms with Crippen LogP contribution in [0.25, 0.3) is 0 Å². The van der Waals surface area contributed by atoms with Crippen molar-refractivity contribution in [1.29, 1.82) is 0 Å². The molecule has 2 rings (SSSR count). The summed E-state index contributed by atoms with van der Waals surface area (Å²) in [5.74, 6) is 0.402. The number of alkyl halides is 3. The number of aliphatic imine (C=N–C) groups is 1. The monoisotopic (exact) mass is 342 g/mol. The van der Waals surface area contributed by atoms with Crippen LogP contribution in [0.4, 0.5) is 13.2 Å². The second-order valence-corrected chi connectivity index (χ2v) is 5.91. The lowest BCUT2D eigenvalue weighted by Gasteiger charge is -2.29. The van der Waals surface area contributed by atoms with Gasteiger partial charge in [-0.15, -0.1) is 0 Å². The number of nitrogens with zero attached hydrogens (tertiary/aromatic N) is 2. The van der Waals surface area contributed by atoms with E-state index in [1.54, 1.807) is 7.05 Å². The number of benzene rings is 1. The highest BCUT2D eigenvalue weighted by Crippen LogP contribution is 2.24. The minimum absolute atomic E-state index is 0.178. The van der Waals surface area contributed by atoms with Gasteiger partial charge in [-0.2, -0.15) is 13.2 Å². The highest BCUT2D eigenvalue weighted by Gasteiger charge is 2.27. The van der Waals surface area contributed by atoms with E-state index in [1.165, 1.54) is 18.4 Å². The fourth-order valence-electron chi connectivity index (χ4n) is 2.92. The standard InChI is InChI=1S/C17H25F3N4/c1-21-16(22-10-9-17(18,19)20)23-13-15(24-11-5-6-12-24)14-7-3-2-4-8-14/h2-4,7-8,15H,5-6,9-13H2,1H3,(H2,21,22,23). The van der Waals surface area contributed by atoms with Crippen LogP contribution in [-0.2, 0) is 0 Å². The fourth-order valence-corrected chi connectivity index (χ4v) is 2.92. The Labute approximate surface area is 141 Å². The Bertz CT molecular complexity index is 510. The van der Waals surface area contributed by atoms with Gasteiger partial charge in [0.2, 0.25) is 0 Å². The van der Waals surface area contributed by atoms with Crippen LogP contribution in [-0.4, -0.2) is 50.3 Å². The van der Waals surface area contributed by atoms with Gasteiger partial charge in [0.05, 0.1) is 12.5 Å². The van der Waals surface area contributed by atoms with Crippen molar-refractivity contribution in [1.82, 2.24) is 15.5 Å². The summed E-state index contributed by atoms with van der Waals surface area (Å²) in [5, 5.41) is 5.88. The Morgan fingerprint density at radius 3 is 2.42 bits per heavy atom. The van der Waals surface area contributed by atoms with E-state index in [0.29, 0.717) is 12.5 Å². The molecule has 2 N–H and O–H groups in total. The predicted molar refractivity (Wildman–Crippen MR) is 90.0 cm³/mol. The van der Waals surface area contributed by atoms with Crippen LogP contribution in [0.5, 0.6) is 0 Å². The van der Waals surface area contributed by atoms with Crippen molar-refractivity contribution in [3.8, 4) is 0 Å². The van der Waals surface area contributed by atoms with Gasteiger partial charge in [0.1, 0.15) is 0 Å². The van der Waals surface area contributed by atoms with E-state index < -0.39 is 12.6 Å². The van der Waals surface area contributed by atoms with Crippen molar-refractivity contribution in [2.24, 2.45) is 4.99 Å². The molecule has 0 radical (unpaired) electrons. The average molecular weight is 342 g/mol. The van der Waals surface area contributed by atoms with Gasteiger partial charge in [-0.1, -0.05) is 30.3 Å². The van der Waals surface area contributed by atoms with E-state index in [4.69, 9.17) is 0 Å². The molecule has 1 aliphatic heterocycles. The normalized spacial score (nSPS) is 17.8. The third-order valence-electron chi connectivity index (χ3n) is 4.15. The zero-order valence-corrected chi connectivity index (χ0v) is 13.9. The zero-order valence-electron chi connectivity index (χ0n) is 13.9. The predicted octanol–water partition coefficient (Wildman–Crippen LogP) is 2.94. The Kier molecular flexibility index (Phi) is 6.90. The molecular formula is C17H25F3N4. The highest BCUT2D eigenvalue weighted by atomic mass is 19.4. The third-order valence-corrected chi connectivity index (χ3v) is 4.15. The average Bonchev–Trinajstić information content (AvgIpc) is 3.07. The smallest absolute Gasteiger partial charge is 0.356 e. The zero-order chi connectivity index (χ0) is 17.4. The third kappa shape index (κ3) is 6.03. The molecule has 0 amide bonds. The molecular weight excluding hydrogens is 317 g/mol. The summed E-state index contributed by atoms with van der Waals surface area (Å²) >= 11 is 0. The summed E-state index contributed by atoms with van der Waals surface area (Å²) in [6.07, 6.45) is -2.67. The molecule has 0 aliphatic carbocycles. The number of hydrogen-bond donors (Lipinski definition) is 2.